The van der Waals surface area contributed by atoms with Gasteiger partial charge in [-0.3, -0.25) is 4.79 Å². The molecule has 0 fully saturated rings. The van der Waals surface area contributed by atoms with E-state index in [-0.39, 0.29) is 11.8 Å². The second-order valence-electron chi connectivity index (χ2n) is 4.99. The van der Waals surface area contributed by atoms with Gasteiger partial charge < -0.3 is 9.88 Å². The topological polar surface area (TPSA) is 34.0 Å². The highest BCUT2D eigenvalue weighted by atomic mass is 16.1. The first-order valence-electron chi connectivity index (χ1n) is 6.95. The van der Waals surface area contributed by atoms with Crippen LogP contribution in [0, 0.1) is 6.92 Å². The van der Waals surface area contributed by atoms with Crippen molar-refractivity contribution in [3.63, 3.8) is 0 Å². The average molecular weight is 258 g/mol. The number of hydrogen-bond acceptors (Lipinski definition) is 2. The number of hydrogen-bond donors (Lipinski definition) is 1. The van der Waals surface area contributed by atoms with Crippen LogP contribution in [0.5, 0.6) is 0 Å². The van der Waals surface area contributed by atoms with Crippen molar-refractivity contribution in [2.75, 3.05) is 6.54 Å². The first-order chi connectivity index (χ1) is 9.08. The number of Topliss-reactive ketones (excluding diaryl/α,β-unsaturated/α-hetero) is 1. The number of carbonyl (C=O) groups is 1. The van der Waals surface area contributed by atoms with Gasteiger partial charge in [-0.1, -0.05) is 18.6 Å². The van der Waals surface area contributed by atoms with E-state index < -0.39 is 0 Å². The Bertz CT molecular complexity index is 598. The molecular weight excluding hydrogens is 236 g/mol. The standard InChI is InChI=1S/C16H22N2O/c1-5-17-12(4)16(19)14-10-18(6-2)15-8-7-11(3)9-13(14)15/h7-10,12,17H,5-6H2,1-4H3. The van der Waals surface area contributed by atoms with Gasteiger partial charge >= 0.3 is 0 Å². The van der Waals surface area contributed by atoms with Gasteiger partial charge in [0.1, 0.15) is 0 Å². The van der Waals surface area contributed by atoms with Crippen LogP contribution in [0.2, 0.25) is 0 Å². The number of likely N-dealkylation sites (N-methyl/N-ethyl adjacent to an activating group) is 1. The van der Waals surface area contributed by atoms with Gasteiger partial charge in [-0.15, -0.1) is 0 Å². The molecule has 1 heterocycles. The molecule has 102 valence electrons. The molecule has 0 aliphatic rings. The summed E-state index contributed by atoms with van der Waals surface area (Å²) in [4.78, 5) is 12.5. The van der Waals surface area contributed by atoms with E-state index in [4.69, 9.17) is 0 Å². The Hall–Kier alpha value is -1.61. The lowest BCUT2D eigenvalue weighted by Gasteiger charge is -2.10. The molecule has 0 spiro atoms. The second kappa shape index (κ2) is 5.57. The van der Waals surface area contributed by atoms with Crippen LogP contribution in [-0.2, 0) is 6.54 Å². The largest absolute Gasteiger partial charge is 0.347 e. The van der Waals surface area contributed by atoms with Crippen LogP contribution < -0.4 is 5.32 Å². The minimum absolute atomic E-state index is 0.138. The highest BCUT2D eigenvalue weighted by molar-refractivity contribution is 6.10. The van der Waals surface area contributed by atoms with Gasteiger partial charge in [0.05, 0.1) is 6.04 Å². The third-order valence-electron chi connectivity index (χ3n) is 3.55. The van der Waals surface area contributed by atoms with Gasteiger partial charge in [0, 0.05) is 29.2 Å². The Morgan fingerprint density at radius 1 is 1.37 bits per heavy atom. The molecule has 0 aliphatic carbocycles. The van der Waals surface area contributed by atoms with Gasteiger partial charge in [0.2, 0.25) is 0 Å². The zero-order valence-corrected chi connectivity index (χ0v) is 12.2. The Balaban J connectivity index is 2.53. The molecule has 1 aromatic heterocycles. The Kier molecular flexibility index (Phi) is 4.05. The SMILES string of the molecule is CCNC(C)C(=O)c1cn(CC)c2ccc(C)cc12. The van der Waals surface area contributed by atoms with Gasteiger partial charge in [-0.2, -0.15) is 0 Å². The van der Waals surface area contributed by atoms with E-state index in [1.54, 1.807) is 0 Å². The van der Waals surface area contributed by atoms with E-state index in [1.165, 1.54) is 5.56 Å². The molecule has 3 heteroatoms. The molecule has 1 atom stereocenters. The van der Waals surface area contributed by atoms with Crippen molar-refractivity contribution < 1.29 is 4.79 Å². The lowest BCUT2D eigenvalue weighted by molar-refractivity contribution is 0.0953. The number of nitrogens with one attached hydrogen (secondary N) is 1. The lowest BCUT2D eigenvalue weighted by atomic mass is 10.0. The zero-order chi connectivity index (χ0) is 14.0. The van der Waals surface area contributed by atoms with Crippen molar-refractivity contribution in [2.45, 2.75) is 40.3 Å². The number of aryl methyl sites for hydroxylation is 2. The molecule has 2 aromatic rings. The number of benzene rings is 1. The van der Waals surface area contributed by atoms with Crippen molar-refractivity contribution in [3.05, 3.63) is 35.5 Å². The molecule has 1 N–H and O–H groups in total. The number of rotatable bonds is 5. The normalized spacial score (nSPS) is 12.8. The van der Waals surface area contributed by atoms with Gasteiger partial charge in [-0.25, -0.2) is 0 Å². The Morgan fingerprint density at radius 3 is 2.74 bits per heavy atom. The predicted octanol–water partition coefficient (Wildman–Crippen LogP) is 3.15. The van der Waals surface area contributed by atoms with Crippen molar-refractivity contribution in [1.82, 2.24) is 9.88 Å². The van der Waals surface area contributed by atoms with Crippen LogP contribution in [0.1, 0.15) is 36.7 Å². The van der Waals surface area contributed by atoms with E-state index in [9.17, 15) is 4.79 Å². The van der Waals surface area contributed by atoms with E-state index in [0.29, 0.717) is 0 Å². The maximum atomic E-state index is 12.5. The highest BCUT2D eigenvalue weighted by Gasteiger charge is 2.19. The summed E-state index contributed by atoms with van der Waals surface area (Å²) in [5.41, 5.74) is 3.15. The number of nitrogens with zero attached hydrogens (tertiary/aromatic N) is 1. The monoisotopic (exact) mass is 258 g/mol. The molecule has 1 aromatic carbocycles. The minimum Gasteiger partial charge on any atom is -0.347 e. The second-order valence-corrected chi connectivity index (χ2v) is 4.99. The predicted molar refractivity (Wildman–Crippen MR) is 79.8 cm³/mol. The van der Waals surface area contributed by atoms with Crippen LogP contribution in [0.3, 0.4) is 0 Å². The Morgan fingerprint density at radius 2 is 2.11 bits per heavy atom. The average Bonchev–Trinajstić information content (AvgIpc) is 2.76. The molecule has 0 radical (unpaired) electrons. The van der Waals surface area contributed by atoms with Crippen molar-refractivity contribution in [2.24, 2.45) is 0 Å². The highest BCUT2D eigenvalue weighted by Crippen LogP contribution is 2.24. The van der Waals surface area contributed by atoms with Crippen LogP contribution in [-0.4, -0.2) is 22.9 Å². The van der Waals surface area contributed by atoms with Crippen LogP contribution in [0.15, 0.2) is 24.4 Å². The van der Waals surface area contributed by atoms with Crippen molar-refractivity contribution in [3.8, 4) is 0 Å². The van der Waals surface area contributed by atoms with Crippen molar-refractivity contribution >= 4 is 16.7 Å². The van der Waals surface area contributed by atoms with Crippen LogP contribution >= 0.6 is 0 Å². The summed E-state index contributed by atoms with van der Waals surface area (Å²) >= 11 is 0. The number of carbonyl (C=O) groups excluding carboxylic acids is 1. The van der Waals surface area contributed by atoms with Crippen LogP contribution in [0.4, 0.5) is 0 Å². The van der Waals surface area contributed by atoms with E-state index >= 15 is 0 Å². The van der Waals surface area contributed by atoms with E-state index in [1.807, 2.05) is 20.0 Å². The fourth-order valence-corrected chi connectivity index (χ4v) is 2.50. The summed E-state index contributed by atoms with van der Waals surface area (Å²) in [7, 11) is 0. The summed E-state index contributed by atoms with van der Waals surface area (Å²) in [6.45, 7) is 9.78. The summed E-state index contributed by atoms with van der Waals surface area (Å²) in [6, 6.07) is 6.16. The maximum Gasteiger partial charge on any atom is 0.181 e. The molecule has 0 saturated heterocycles. The summed E-state index contributed by atoms with van der Waals surface area (Å²) in [5, 5.41) is 4.26. The number of ketones is 1. The molecule has 0 amide bonds. The minimum atomic E-state index is -0.138. The van der Waals surface area contributed by atoms with E-state index in [0.717, 1.165) is 29.6 Å². The van der Waals surface area contributed by atoms with Crippen LogP contribution in [0.25, 0.3) is 10.9 Å². The van der Waals surface area contributed by atoms with Gasteiger partial charge in [-0.05, 0) is 39.4 Å². The molecule has 3 nitrogen and oxygen atoms in total. The maximum absolute atomic E-state index is 12.5. The molecule has 0 saturated carbocycles. The molecule has 1 unspecified atom stereocenters. The lowest BCUT2D eigenvalue weighted by Crippen LogP contribution is -2.33. The third kappa shape index (κ3) is 2.56. The number of fused-ring (bicyclic) bond motifs is 1. The van der Waals surface area contributed by atoms with E-state index in [2.05, 4.69) is 41.9 Å². The van der Waals surface area contributed by atoms with Crippen molar-refractivity contribution in [1.29, 1.82) is 0 Å². The van der Waals surface area contributed by atoms with Gasteiger partial charge in [0.25, 0.3) is 0 Å². The fourth-order valence-electron chi connectivity index (χ4n) is 2.50. The Labute approximate surface area is 114 Å². The molecule has 2 rings (SSSR count). The first kappa shape index (κ1) is 13.8. The molecule has 0 aliphatic heterocycles. The smallest absolute Gasteiger partial charge is 0.181 e. The summed E-state index contributed by atoms with van der Waals surface area (Å²) in [6.07, 6.45) is 1.99. The molecule has 19 heavy (non-hydrogen) atoms. The summed E-state index contributed by atoms with van der Waals surface area (Å²) < 4.78 is 2.14. The summed E-state index contributed by atoms with van der Waals surface area (Å²) in [5.74, 6) is 0.171. The first-order valence-corrected chi connectivity index (χ1v) is 6.95. The third-order valence-corrected chi connectivity index (χ3v) is 3.55. The molecular formula is C16H22N2O. The zero-order valence-electron chi connectivity index (χ0n) is 12.2. The molecule has 0 bridgehead atoms. The number of aromatic nitrogens is 1. The quantitative estimate of drug-likeness (QED) is 0.836. The fraction of sp³-hybridized carbons (Fsp3) is 0.438. The van der Waals surface area contributed by atoms with Gasteiger partial charge in [0.15, 0.2) is 5.78 Å².